The maximum Gasteiger partial charge on any atom is 0.352 e. The molecular formula is C16H16N2O5S. The number of carboxylic acid groups (broad SMARTS) is 1. The highest BCUT2D eigenvalue weighted by atomic mass is 32.2. The lowest BCUT2D eigenvalue weighted by Crippen LogP contribution is -2.68. The van der Waals surface area contributed by atoms with Gasteiger partial charge in [0, 0.05) is 5.75 Å². The summed E-state index contributed by atoms with van der Waals surface area (Å²) in [6.45, 7) is 0.225. The molecule has 0 aromatic heterocycles. The maximum atomic E-state index is 11.9. The number of amides is 1. The average molecular weight is 348 g/mol. The van der Waals surface area contributed by atoms with Crippen LogP contribution in [0, 0.1) is 0 Å². The van der Waals surface area contributed by atoms with E-state index in [0.29, 0.717) is 24.3 Å². The van der Waals surface area contributed by atoms with Crippen LogP contribution in [0.25, 0.3) is 0 Å². The van der Waals surface area contributed by atoms with E-state index in [1.54, 1.807) is 0 Å². The minimum atomic E-state index is -1.07. The fourth-order valence-corrected chi connectivity index (χ4v) is 4.50. The van der Waals surface area contributed by atoms with E-state index in [-0.39, 0.29) is 23.8 Å². The van der Waals surface area contributed by atoms with Crippen LogP contribution in [0.4, 0.5) is 0 Å². The molecule has 24 heavy (non-hydrogen) atoms. The van der Waals surface area contributed by atoms with Gasteiger partial charge < -0.3 is 20.3 Å². The van der Waals surface area contributed by atoms with Crippen LogP contribution >= 0.6 is 11.8 Å². The molecule has 8 heteroatoms. The molecule has 0 saturated carbocycles. The molecule has 3 N–H and O–H groups in total. The average Bonchev–Trinajstić information content (AvgIpc) is 3.05. The first kappa shape index (κ1) is 15.3. The molecule has 1 fully saturated rings. The van der Waals surface area contributed by atoms with Gasteiger partial charge in [0.25, 0.3) is 0 Å². The number of thioether (sulfide) groups is 1. The molecular weight excluding hydrogens is 332 g/mol. The standard InChI is InChI=1S/C16H16N2O5S/c17-12-14(19)18-13(16(20)21)9(6-24-15(12)18)3-1-8-2-4-10-11(5-8)23-7-22-10/h2,4-5,12,15H,1,3,6-7,17H2,(H,20,21)/t12-,15+/m1/s1. The SMILES string of the molecule is N[C@@H]1C(=O)N2C(C(=O)O)=C(CCc3ccc4c(c3)OCO4)CS[C@@H]12. The molecule has 0 spiro atoms. The Balaban J connectivity index is 1.54. The lowest BCUT2D eigenvalue weighted by molar-refractivity contribution is -0.148. The highest BCUT2D eigenvalue weighted by molar-refractivity contribution is 8.00. The summed E-state index contributed by atoms with van der Waals surface area (Å²) in [4.78, 5) is 24.9. The largest absolute Gasteiger partial charge is 0.477 e. The second kappa shape index (κ2) is 5.71. The number of ether oxygens (including phenoxy) is 2. The second-order valence-corrected chi connectivity index (χ2v) is 6.99. The molecule has 1 aromatic carbocycles. The van der Waals surface area contributed by atoms with Gasteiger partial charge in [-0.1, -0.05) is 6.07 Å². The van der Waals surface area contributed by atoms with Crippen molar-refractivity contribution < 1.29 is 24.2 Å². The van der Waals surface area contributed by atoms with Gasteiger partial charge in [0.2, 0.25) is 12.7 Å². The van der Waals surface area contributed by atoms with E-state index < -0.39 is 12.0 Å². The van der Waals surface area contributed by atoms with Crippen LogP contribution < -0.4 is 15.2 Å². The zero-order valence-corrected chi connectivity index (χ0v) is 13.5. The van der Waals surface area contributed by atoms with E-state index in [1.807, 2.05) is 18.2 Å². The lowest BCUT2D eigenvalue weighted by Gasteiger charge is -2.48. The van der Waals surface area contributed by atoms with Crippen LogP contribution in [-0.2, 0) is 16.0 Å². The Labute approximate surface area is 142 Å². The summed E-state index contributed by atoms with van der Waals surface area (Å²) in [6, 6.07) is 5.11. The van der Waals surface area contributed by atoms with Gasteiger partial charge in [-0.15, -0.1) is 11.8 Å². The van der Waals surface area contributed by atoms with Gasteiger partial charge in [-0.3, -0.25) is 9.69 Å². The van der Waals surface area contributed by atoms with Gasteiger partial charge in [0.15, 0.2) is 11.5 Å². The summed E-state index contributed by atoms with van der Waals surface area (Å²) in [5.74, 6) is 0.627. The van der Waals surface area contributed by atoms with Gasteiger partial charge in [-0.25, -0.2) is 4.79 Å². The monoisotopic (exact) mass is 348 g/mol. The number of β-lactam (4-membered cyclic amide) rings is 1. The number of hydrogen-bond donors (Lipinski definition) is 2. The molecule has 0 aliphatic carbocycles. The number of fused-ring (bicyclic) bond motifs is 2. The number of rotatable bonds is 4. The number of benzene rings is 1. The first-order chi connectivity index (χ1) is 11.6. The van der Waals surface area contributed by atoms with Crippen LogP contribution in [0.3, 0.4) is 0 Å². The molecule has 4 rings (SSSR count). The minimum Gasteiger partial charge on any atom is -0.477 e. The zero-order chi connectivity index (χ0) is 16.8. The van der Waals surface area contributed by atoms with E-state index >= 15 is 0 Å². The first-order valence-electron chi connectivity index (χ1n) is 7.60. The van der Waals surface area contributed by atoms with Crippen molar-refractivity contribution >= 4 is 23.6 Å². The Kier molecular flexibility index (Phi) is 3.65. The third kappa shape index (κ3) is 2.33. The Morgan fingerprint density at radius 2 is 2.12 bits per heavy atom. The molecule has 1 amide bonds. The van der Waals surface area contributed by atoms with Crippen molar-refractivity contribution in [3.63, 3.8) is 0 Å². The van der Waals surface area contributed by atoms with E-state index in [9.17, 15) is 14.7 Å². The molecule has 0 radical (unpaired) electrons. The summed E-state index contributed by atoms with van der Waals surface area (Å²) >= 11 is 1.52. The minimum absolute atomic E-state index is 0.103. The number of carbonyl (C=O) groups excluding carboxylic acids is 1. The fraction of sp³-hybridized carbons (Fsp3) is 0.375. The molecule has 3 aliphatic heterocycles. The number of nitrogens with zero attached hydrogens (tertiary/aromatic N) is 1. The first-order valence-corrected chi connectivity index (χ1v) is 8.65. The van der Waals surface area contributed by atoms with Crippen molar-refractivity contribution in [1.29, 1.82) is 0 Å². The van der Waals surface area contributed by atoms with Crippen molar-refractivity contribution in [3.05, 3.63) is 35.0 Å². The molecule has 1 aromatic rings. The summed E-state index contributed by atoms with van der Waals surface area (Å²) < 4.78 is 10.6. The normalized spacial score (nSPS) is 24.7. The van der Waals surface area contributed by atoms with Crippen molar-refractivity contribution in [3.8, 4) is 11.5 Å². The van der Waals surface area contributed by atoms with Gasteiger partial charge in [0.1, 0.15) is 17.1 Å². The Bertz CT molecular complexity index is 763. The summed E-state index contributed by atoms with van der Waals surface area (Å²) in [5, 5.41) is 9.27. The van der Waals surface area contributed by atoms with Gasteiger partial charge in [-0.2, -0.15) is 0 Å². The number of carboxylic acids is 1. The summed E-state index contributed by atoms with van der Waals surface area (Å²) in [5.41, 5.74) is 7.65. The smallest absolute Gasteiger partial charge is 0.352 e. The molecule has 0 unspecified atom stereocenters. The molecule has 3 heterocycles. The predicted molar refractivity (Wildman–Crippen MR) is 86.6 cm³/mol. The van der Waals surface area contributed by atoms with E-state index in [2.05, 4.69) is 0 Å². The Morgan fingerprint density at radius 1 is 1.33 bits per heavy atom. The number of nitrogens with two attached hydrogens (primary N) is 1. The van der Waals surface area contributed by atoms with Gasteiger partial charge >= 0.3 is 5.97 Å². The van der Waals surface area contributed by atoms with E-state index in [1.165, 1.54) is 16.7 Å². The lowest BCUT2D eigenvalue weighted by atomic mass is 9.99. The zero-order valence-electron chi connectivity index (χ0n) is 12.7. The highest BCUT2D eigenvalue weighted by Crippen LogP contribution is 2.41. The van der Waals surface area contributed by atoms with Crippen LogP contribution in [0.1, 0.15) is 12.0 Å². The number of aryl methyl sites for hydroxylation is 1. The molecule has 0 bridgehead atoms. The second-order valence-electron chi connectivity index (χ2n) is 5.88. The Hall–Kier alpha value is -2.19. The van der Waals surface area contributed by atoms with Gasteiger partial charge in [0.05, 0.1) is 0 Å². The van der Waals surface area contributed by atoms with Crippen LogP contribution in [0.2, 0.25) is 0 Å². The van der Waals surface area contributed by atoms with Crippen molar-refractivity contribution in [2.45, 2.75) is 24.3 Å². The van der Waals surface area contributed by atoms with Crippen molar-refractivity contribution in [2.75, 3.05) is 12.5 Å². The van der Waals surface area contributed by atoms with Gasteiger partial charge in [-0.05, 0) is 36.1 Å². The fourth-order valence-electron chi connectivity index (χ4n) is 3.16. The molecule has 7 nitrogen and oxygen atoms in total. The predicted octanol–water partition coefficient (Wildman–Crippen LogP) is 0.929. The van der Waals surface area contributed by atoms with E-state index in [0.717, 1.165) is 16.9 Å². The Morgan fingerprint density at radius 3 is 2.92 bits per heavy atom. The molecule has 3 aliphatic rings. The maximum absolute atomic E-state index is 11.9. The number of aliphatic carboxylic acids is 1. The quantitative estimate of drug-likeness (QED) is 0.780. The van der Waals surface area contributed by atoms with Crippen molar-refractivity contribution in [1.82, 2.24) is 4.90 Å². The third-order valence-corrected chi connectivity index (χ3v) is 5.80. The summed E-state index contributed by atoms with van der Waals surface area (Å²) in [6.07, 6.45) is 1.24. The number of carbonyl (C=O) groups is 2. The highest BCUT2D eigenvalue weighted by Gasteiger charge is 2.51. The van der Waals surface area contributed by atoms with Crippen LogP contribution in [-0.4, -0.2) is 45.8 Å². The van der Waals surface area contributed by atoms with Crippen molar-refractivity contribution in [2.24, 2.45) is 5.73 Å². The molecule has 126 valence electrons. The number of hydrogen-bond acceptors (Lipinski definition) is 6. The van der Waals surface area contributed by atoms with Crippen LogP contribution in [0.15, 0.2) is 29.5 Å². The molecule has 1 saturated heterocycles. The topological polar surface area (TPSA) is 102 Å². The van der Waals surface area contributed by atoms with Crippen LogP contribution in [0.5, 0.6) is 11.5 Å². The molecule has 2 atom stereocenters. The summed E-state index contributed by atoms with van der Waals surface area (Å²) in [7, 11) is 0. The third-order valence-electron chi connectivity index (χ3n) is 4.44. The van der Waals surface area contributed by atoms with E-state index in [4.69, 9.17) is 15.2 Å².